The van der Waals surface area contributed by atoms with Crippen molar-refractivity contribution in [1.29, 1.82) is 0 Å². The van der Waals surface area contributed by atoms with E-state index in [-0.39, 0.29) is 29.9 Å². The van der Waals surface area contributed by atoms with E-state index in [1.807, 2.05) is 0 Å². The Morgan fingerprint density at radius 2 is 2.41 bits per heavy atom. The topological polar surface area (TPSA) is 59.5 Å². The molecule has 7 heteroatoms. The second kappa shape index (κ2) is 4.79. The number of Topliss-reactive ketones (excluding diaryl/α,β-unsaturated/α-hetero) is 1. The van der Waals surface area contributed by atoms with E-state index in [0.29, 0.717) is 0 Å². The third-order valence-electron chi connectivity index (χ3n) is 2.31. The predicted octanol–water partition coefficient (Wildman–Crippen LogP) is 1.75. The summed E-state index contributed by atoms with van der Waals surface area (Å²) in [5.74, 6) is -1.37. The Balaban J connectivity index is 2.42. The number of amides is 1. The summed E-state index contributed by atoms with van der Waals surface area (Å²) in [6.45, 7) is 0.422. The smallest absolute Gasteiger partial charge is 0.415 e. The van der Waals surface area contributed by atoms with Gasteiger partial charge in [0.05, 0.1) is 17.4 Å². The van der Waals surface area contributed by atoms with E-state index in [1.54, 1.807) is 0 Å². The van der Waals surface area contributed by atoms with E-state index in [0.717, 1.165) is 4.90 Å². The first-order chi connectivity index (χ1) is 8.15. The molecule has 0 unspecified atom stereocenters. The number of nitrogens with zero attached hydrogens (tertiary/aromatic N) is 2. The van der Waals surface area contributed by atoms with Gasteiger partial charge < -0.3 is 4.74 Å². The molecule has 2 heterocycles. The van der Waals surface area contributed by atoms with Gasteiger partial charge in [0.25, 0.3) is 0 Å². The minimum atomic E-state index is -0.796. The number of ketones is 1. The Morgan fingerprint density at radius 1 is 1.65 bits per heavy atom. The van der Waals surface area contributed by atoms with Gasteiger partial charge in [-0.1, -0.05) is 15.9 Å². The number of carbonyl (C=O) groups is 2. The molecule has 90 valence electrons. The van der Waals surface area contributed by atoms with E-state index in [1.165, 1.54) is 12.3 Å². The van der Waals surface area contributed by atoms with E-state index in [9.17, 15) is 14.0 Å². The van der Waals surface area contributed by atoms with Crippen molar-refractivity contribution >= 4 is 33.6 Å². The van der Waals surface area contributed by atoms with Crippen LogP contribution in [0.5, 0.6) is 0 Å². The van der Waals surface area contributed by atoms with Crippen LogP contribution in [-0.4, -0.2) is 35.3 Å². The number of carbonyl (C=O) groups excluding carboxylic acids is 2. The first kappa shape index (κ1) is 12.0. The minimum Gasteiger partial charge on any atom is -0.447 e. The highest BCUT2D eigenvalue weighted by molar-refractivity contribution is 9.09. The number of aromatic nitrogens is 1. The molecule has 1 aliphatic rings. The van der Waals surface area contributed by atoms with Crippen molar-refractivity contribution in [2.24, 2.45) is 0 Å². The number of rotatable bonds is 3. The molecule has 1 fully saturated rings. The summed E-state index contributed by atoms with van der Waals surface area (Å²) in [7, 11) is 0. The van der Waals surface area contributed by atoms with Crippen LogP contribution in [0.2, 0.25) is 0 Å². The fourth-order valence-electron chi connectivity index (χ4n) is 1.49. The zero-order valence-electron chi connectivity index (χ0n) is 8.65. The largest absolute Gasteiger partial charge is 0.447 e. The first-order valence-corrected chi connectivity index (χ1v) is 5.95. The van der Waals surface area contributed by atoms with Crippen molar-refractivity contribution < 1.29 is 18.7 Å². The molecular weight excluding hydrogens is 295 g/mol. The molecule has 0 N–H and O–H groups in total. The number of halogens is 2. The normalized spacial score (nSPS) is 14.9. The van der Waals surface area contributed by atoms with Gasteiger partial charge in [0, 0.05) is 6.20 Å². The summed E-state index contributed by atoms with van der Waals surface area (Å²) in [6, 6.07) is 1.28. The average molecular weight is 303 g/mol. The summed E-state index contributed by atoms with van der Waals surface area (Å²) in [4.78, 5) is 27.6. The van der Waals surface area contributed by atoms with Gasteiger partial charge in [0.15, 0.2) is 17.4 Å². The Morgan fingerprint density at radius 3 is 3.00 bits per heavy atom. The maximum atomic E-state index is 14.0. The number of hydrogen-bond acceptors (Lipinski definition) is 4. The van der Waals surface area contributed by atoms with Crippen molar-refractivity contribution in [3.05, 3.63) is 23.6 Å². The highest BCUT2D eigenvalue weighted by atomic mass is 79.9. The molecule has 0 saturated carbocycles. The van der Waals surface area contributed by atoms with Gasteiger partial charge in [-0.05, 0) is 6.07 Å². The SMILES string of the molecule is O=C(CBr)c1ccnc(N2CCOC2=O)c1F. The molecule has 1 amide bonds. The van der Waals surface area contributed by atoms with E-state index in [4.69, 9.17) is 0 Å². The molecule has 1 aromatic rings. The average Bonchev–Trinajstić information content (AvgIpc) is 2.75. The summed E-state index contributed by atoms with van der Waals surface area (Å²) < 4.78 is 18.7. The lowest BCUT2D eigenvalue weighted by Gasteiger charge is -2.13. The zero-order valence-corrected chi connectivity index (χ0v) is 10.2. The number of anilines is 1. The van der Waals surface area contributed by atoms with Crippen LogP contribution in [0.3, 0.4) is 0 Å². The third kappa shape index (κ3) is 2.14. The van der Waals surface area contributed by atoms with Gasteiger partial charge in [-0.15, -0.1) is 0 Å². The maximum Gasteiger partial charge on any atom is 0.415 e. The van der Waals surface area contributed by atoms with Crippen molar-refractivity contribution in [2.45, 2.75) is 0 Å². The lowest BCUT2D eigenvalue weighted by molar-refractivity contribution is 0.101. The summed E-state index contributed by atoms with van der Waals surface area (Å²) in [6.07, 6.45) is 0.639. The Kier molecular flexibility index (Phi) is 3.37. The third-order valence-corrected chi connectivity index (χ3v) is 2.82. The molecule has 0 aliphatic carbocycles. The minimum absolute atomic E-state index is 0.0117. The maximum absolute atomic E-state index is 14.0. The highest BCUT2D eigenvalue weighted by Crippen LogP contribution is 2.22. The molecule has 0 radical (unpaired) electrons. The first-order valence-electron chi connectivity index (χ1n) is 4.83. The lowest BCUT2D eigenvalue weighted by Crippen LogP contribution is -2.26. The van der Waals surface area contributed by atoms with Crippen LogP contribution in [-0.2, 0) is 4.74 Å². The van der Waals surface area contributed by atoms with Gasteiger partial charge in [0.2, 0.25) is 0 Å². The van der Waals surface area contributed by atoms with Gasteiger partial charge in [-0.2, -0.15) is 0 Å². The number of ether oxygens (including phenoxy) is 1. The molecule has 2 rings (SSSR count). The zero-order chi connectivity index (χ0) is 12.4. The standard InChI is InChI=1S/C10H8BrFN2O3/c11-5-7(15)6-1-2-13-9(8(6)12)14-3-4-17-10(14)16/h1-2H,3-5H2. The summed E-state index contributed by atoms with van der Waals surface area (Å²) >= 11 is 2.96. The monoisotopic (exact) mass is 302 g/mol. The Bertz CT molecular complexity index is 481. The van der Waals surface area contributed by atoms with Crippen LogP contribution in [0.15, 0.2) is 12.3 Å². The molecule has 5 nitrogen and oxygen atoms in total. The van der Waals surface area contributed by atoms with Gasteiger partial charge in [0.1, 0.15) is 6.61 Å². The second-order valence-corrected chi connectivity index (χ2v) is 3.88. The Labute approximate surface area is 105 Å². The van der Waals surface area contributed by atoms with Crippen LogP contribution < -0.4 is 4.90 Å². The van der Waals surface area contributed by atoms with Crippen molar-refractivity contribution in [2.75, 3.05) is 23.4 Å². The lowest BCUT2D eigenvalue weighted by atomic mass is 10.2. The fourth-order valence-corrected chi connectivity index (χ4v) is 1.80. The van der Waals surface area contributed by atoms with Crippen LogP contribution in [0.4, 0.5) is 15.0 Å². The molecule has 1 aliphatic heterocycles. The van der Waals surface area contributed by atoms with Crippen molar-refractivity contribution in [3.63, 3.8) is 0 Å². The van der Waals surface area contributed by atoms with Gasteiger partial charge >= 0.3 is 6.09 Å². The number of pyridine rings is 1. The molecule has 1 aromatic heterocycles. The molecular formula is C10H8BrFN2O3. The van der Waals surface area contributed by atoms with E-state index in [2.05, 4.69) is 25.7 Å². The van der Waals surface area contributed by atoms with Gasteiger partial charge in [-0.25, -0.2) is 14.2 Å². The molecule has 0 spiro atoms. The molecule has 1 saturated heterocycles. The van der Waals surface area contributed by atoms with Crippen LogP contribution in [0, 0.1) is 5.82 Å². The Hall–Kier alpha value is -1.50. The molecule has 0 aromatic carbocycles. The van der Waals surface area contributed by atoms with E-state index >= 15 is 0 Å². The van der Waals surface area contributed by atoms with Crippen molar-refractivity contribution in [3.8, 4) is 0 Å². The second-order valence-electron chi connectivity index (χ2n) is 3.32. The molecule has 17 heavy (non-hydrogen) atoms. The summed E-state index contributed by atoms with van der Waals surface area (Å²) in [5.41, 5.74) is -0.0911. The highest BCUT2D eigenvalue weighted by Gasteiger charge is 2.29. The van der Waals surface area contributed by atoms with Crippen molar-refractivity contribution in [1.82, 2.24) is 4.98 Å². The van der Waals surface area contributed by atoms with Crippen LogP contribution in [0.25, 0.3) is 0 Å². The number of alkyl halides is 1. The van der Waals surface area contributed by atoms with Gasteiger partial charge in [-0.3, -0.25) is 9.69 Å². The number of cyclic esters (lactones) is 1. The van der Waals surface area contributed by atoms with E-state index < -0.39 is 17.7 Å². The fraction of sp³-hybridized carbons (Fsp3) is 0.300. The summed E-state index contributed by atoms with van der Waals surface area (Å²) in [5, 5.41) is 0.0117. The molecule has 0 atom stereocenters. The molecule has 0 bridgehead atoms. The van der Waals surface area contributed by atoms with Crippen LogP contribution in [0.1, 0.15) is 10.4 Å². The quantitative estimate of drug-likeness (QED) is 0.630. The number of hydrogen-bond donors (Lipinski definition) is 0. The predicted molar refractivity (Wildman–Crippen MR) is 61.0 cm³/mol. The van der Waals surface area contributed by atoms with Crippen LogP contribution >= 0.6 is 15.9 Å².